The fraction of sp³-hybridized carbons (Fsp3) is 0.857. The Labute approximate surface area is 211 Å². The Balaban J connectivity index is 3.64. The van der Waals surface area contributed by atoms with Crippen LogP contribution in [-0.4, -0.2) is 52.4 Å². The van der Waals surface area contributed by atoms with Crippen molar-refractivity contribution in [3.05, 3.63) is 24.3 Å². The largest absolute Gasteiger partial charge is 0.373 e. The van der Waals surface area contributed by atoms with E-state index in [0.29, 0.717) is 10.9 Å². The maximum absolute atomic E-state index is 11.8. The molecule has 0 amide bonds. The molecule has 0 bridgehead atoms. The zero-order valence-electron chi connectivity index (χ0n) is 22.9. The lowest BCUT2D eigenvalue weighted by Crippen LogP contribution is -2.49. The summed E-state index contributed by atoms with van der Waals surface area (Å²) in [7, 11) is 0.894. The molecule has 0 aromatic carbocycles. The number of rotatable bonds is 23. The number of nitrogens with zero attached hydrogens (tertiary/aromatic N) is 1. The molecule has 5 nitrogen and oxygen atoms in total. The Morgan fingerprint density at radius 1 is 0.647 bits per heavy atom. The molecule has 0 aromatic heterocycles. The molecule has 0 fully saturated rings. The van der Waals surface area contributed by atoms with Gasteiger partial charge in [-0.25, -0.2) is 0 Å². The van der Waals surface area contributed by atoms with E-state index in [9.17, 15) is 19.5 Å². The lowest BCUT2D eigenvalue weighted by molar-refractivity contribution is -0.875. The third kappa shape index (κ3) is 19.8. The molecule has 0 aliphatic carbocycles. The van der Waals surface area contributed by atoms with Crippen molar-refractivity contribution in [1.82, 2.24) is 0 Å². The van der Waals surface area contributed by atoms with Crippen LogP contribution in [0, 0.1) is 0 Å². The van der Waals surface area contributed by atoms with E-state index in [1.54, 1.807) is 0 Å². The van der Waals surface area contributed by atoms with Crippen molar-refractivity contribution in [1.29, 1.82) is 0 Å². The molecule has 0 radical (unpaired) electrons. The molecule has 0 aliphatic rings. The molecule has 3 N–H and O–H groups in total. The van der Waals surface area contributed by atoms with Gasteiger partial charge in [-0.1, -0.05) is 95.4 Å². The fourth-order valence-corrected chi connectivity index (χ4v) is 5.34. The Morgan fingerprint density at radius 3 is 1.35 bits per heavy atom. The minimum atomic E-state index is -4.58. The van der Waals surface area contributed by atoms with Gasteiger partial charge in [-0.05, 0) is 51.4 Å². The molecule has 0 aliphatic heterocycles. The number of allylic oxidation sites excluding steroid dienone is 4. The van der Waals surface area contributed by atoms with E-state index in [1.807, 2.05) is 27.2 Å². The average molecular weight is 503 g/mol. The Hall–Kier alpha value is -0.450. The van der Waals surface area contributed by atoms with E-state index >= 15 is 0 Å². The highest BCUT2D eigenvalue weighted by atomic mass is 31.2. The fourth-order valence-electron chi connectivity index (χ4n) is 4.31. The van der Waals surface area contributed by atoms with Crippen molar-refractivity contribution in [2.24, 2.45) is 0 Å². The normalized spacial score (nSPS) is 14.9. The van der Waals surface area contributed by atoms with E-state index in [4.69, 9.17) is 0 Å². The first-order valence-corrected chi connectivity index (χ1v) is 15.5. The summed E-state index contributed by atoms with van der Waals surface area (Å²) in [6.07, 6.45) is 30.0. The van der Waals surface area contributed by atoms with Gasteiger partial charge in [0.1, 0.15) is 6.54 Å². The standard InChI is InChI=1S/C28H56NO4P/c1-5-6-7-8-9-10-11-12-13-14-15-16-17-18-19-20-21-22-23-24-25-26-28(30,34(31,32)33)27-29(2,3)4/h14-15,23-24,30H,5-13,16-22,25-27H2,1-4H3,(H-,31,32,33)/p+1/b15-14-,24-23-. The molecule has 0 aromatic rings. The minimum absolute atomic E-state index is 0.0273. The maximum atomic E-state index is 11.8. The average Bonchev–Trinajstić information content (AvgIpc) is 2.73. The van der Waals surface area contributed by atoms with Crippen LogP contribution in [-0.2, 0) is 4.57 Å². The number of unbranched alkanes of at least 4 members (excludes halogenated alkanes) is 14. The van der Waals surface area contributed by atoms with Crippen molar-refractivity contribution >= 4 is 7.60 Å². The molecule has 0 heterocycles. The van der Waals surface area contributed by atoms with Crippen molar-refractivity contribution in [3.8, 4) is 0 Å². The van der Waals surface area contributed by atoms with Gasteiger partial charge in [0.05, 0.1) is 21.1 Å². The van der Waals surface area contributed by atoms with Gasteiger partial charge >= 0.3 is 7.60 Å². The third-order valence-corrected chi connectivity index (χ3v) is 7.73. The lowest BCUT2D eigenvalue weighted by Gasteiger charge is -2.35. The molecule has 0 saturated carbocycles. The van der Waals surface area contributed by atoms with Crippen LogP contribution in [0.15, 0.2) is 24.3 Å². The summed E-state index contributed by atoms with van der Waals surface area (Å²) in [5.41, 5.74) is 0. The first kappa shape index (κ1) is 33.5. The molecule has 34 heavy (non-hydrogen) atoms. The van der Waals surface area contributed by atoms with E-state index in [1.165, 1.54) is 89.9 Å². The van der Waals surface area contributed by atoms with Crippen LogP contribution in [0.2, 0.25) is 0 Å². The smallest absolute Gasteiger partial charge is 0.362 e. The van der Waals surface area contributed by atoms with Gasteiger partial charge in [0, 0.05) is 0 Å². The number of hydrogen-bond donors (Lipinski definition) is 3. The number of quaternary nitrogens is 1. The second-order valence-corrected chi connectivity index (χ2v) is 13.0. The number of aliphatic hydroxyl groups is 1. The molecule has 1 unspecified atom stereocenters. The Morgan fingerprint density at radius 2 is 1.00 bits per heavy atom. The summed E-state index contributed by atoms with van der Waals surface area (Å²) in [6, 6.07) is 0. The Bertz CT molecular complexity index is 579. The SMILES string of the molecule is CCCCCCCCCC/C=C\CCCCCCC/C=C\CCC(O)(C[N+](C)(C)C)P(=O)(O)O. The predicted molar refractivity (Wildman–Crippen MR) is 147 cm³/mol. The van der Waals surface area contributed by atoms with Crippen LogP contribution in [0.3, 0.4) is 0 Å². The van der Waals surface area contributed by atoms with Gasteiger partial charge < -0.3 is 19.4 Å². The zero-order chi connectivity index (χ0) is 25.8. The van der Waals surface area contributed by atoms with Gasteiger partial charge in [-0.15, -0.1) is 0 Å². The van der Waals surface area contributed by atoms with Gasteiger partial charge in [0.15, 0.2) is 0 Å². The van der Waals surface area contributed by atoms with Crippen molar-refractivity contribution < 1.29 is 23.9 Å². The van der Waals surface area contributed by atoms with Crippen molar-refractivity contribution in [3.63, 3.8) is 0 Å². The summed E-state index contributed by atoms with van der Waals surface area (Å²) >= 11 is 0. The first-order chi connectivity index (χ1) is 16.0. The monoisotopic (exact) mass is 502 g/mol. The highest BCUT2D eigenvalue weighted by Gasteiger charge is 2.48. The highest BCUT2D eigenvalue weighted by molar-refractivity contribution is 7.53. The van der Waals surface area contributed by atoms with E-state index in [-0.39, 0.29) is 13.0 Å². The van der Waals surface area contributed by atoms with Gasteiger partial charge in [-0.3, -0.25) is 4.57 Å². The molecule has 1 atom stereocenters. The summed E-state index contributed by atoms with van der Waals surface area (Å²) in [5.74, 6) is 0. The van der Waals surface area contributed by atoms with Crippen LogP contribution >= 0.6 is 7.60 Å². The van der Waals surface area contributed by atoms with Crippen molar-refractivity contribution in [2.45, 2.75) is 128 Å². The van der Waals surface area contributed by atoms with Crippen LogP contribution in [0.1, 0.15) is 122 Å². The van der Waals surface area contributed by atoms with Gasteiger partial charge in [0.25, 0.3) is 0 Å². The molecule has 0 rings (SSSR count). The maximum Gasteiger partial charge on any atom is 0.362 e. The van der Waals surface area contributed by atoms with E-state index < -0.39 is 12.9 Å². The van der Waals surface area contributed by atoms with Gasteiger partial charge in [0.2, 0.25) is 5.34 Å². The predicted octanol–water partition coefficient (Wildman–Crippen LogP) is 7.71. The van der Waals surface area contributed by atoms with Gasteiger partial charge in [-0.2, -0.15) is 0 Å². The molecular formula is C28H57NO4P+. The second-order valence-electron chi connectivity index (χ2n) is 11.1. The van der Waals surface area contributed by atoms with Crippen LogP contribution < -0.4 is 0 Å². The minimum Gasteiger partial charge on any atom is -0.373 e. The summed E-state index contributed by atoms with van der Waals surface area (Å²) in [5, 5.41) is 8.56. The van der Waals surface area contributed by atoms with E-state index in [2.05, 4.69) is 25.2 Å². The number of hydrogen-bond acceptors (Lipinski definition) is 2. The zero-order valence-corrected chi connectivity index (χ0v) is 23.8. The van der Waals surface area contributed by atoms with Crippen molar-refractivity contribution in [2.75, 3.05) is 27.7 Å². The van der Waals surface area contributed by atoms with Crippen LogP contribution in [0.25, 0.3) is 0 Å². The summed E-state index contributed by atoms with van der Waals surface area (Å²) in [4.78, 5) is 19.2. The Kier molecular flexibility index (Phi) is 19.4. The summed E-state index contributed by atoms with van der Waals surface area (Å²) < 4.78 is 12.1. The third-order valence-electron chi connectivity index (χ3n) is 6.28. The van der Waals surface area contributed by atoms with Crippen LogP contribution in [0.5, 0.6) is 0 Å². The summed E-state index contributed by atoms with van der Waals surface area (Å²) in [6.45, 7) is 2.30. The molecule has 0 spiro atoms. The van der Waals surface area contributed by atoms with Crippen LogP contribution in [0.4, 0.5) is 0 Å². The molecule has 202 valence electrons. The second kappa shape index (κ2) is 19.7. The highest BCUT2D eigenvalue weighted by Crippen LogP contribution is 2.52. The molecule has 6 heteroatoms. The molecular weight excluding hydrogens is 445 g/mol. The molecule has 0 saturated heterocycles. The first-order valence-electron chi connectivity index (χ1n) is 13.9. The lowest BCUT2D eigenvalue weighted by atomic mass is 10.1. The number of likely N-dealkylation sites (N-methyl/N-ethyl adjacent to an activating group) is 1. The quantitative estimate of drug-likeness (QED) is 0.0578. The topological polar surface area (TPSA) is 77.8 Å². The van der Waals surface area contributed by atoms with E-state index in [0.717, 1.165) is 12.8 Å².